The summed E-state index contributed by atoms with van der Waals surface area (Å²) in [6.07, 6.45) is 9.42. The number of hydrogen-bond acceptors (Lipinski definition) is 3. The van der Waals surface area contributed by atoms with E-state index in [1.165, 1.54) is 42.7 Å². The Hall–Kier alpha value is -0.670. The van der Waals surface area contributed by atoms with Crippen molar-refractivity contribution in [3.05, 3.63) is 28.7 Å². The first-order chi connectivity index (χ1) is 8.79. The zero-order chi connectivity index (χ0) is 13.2. The van der Waals surface area contributed by atoms with Crippen LogP contribution in [0.5, 0.6) is 0 Å². The molecule has 1 aromatic heterocycles. The topological polar surface area (TPSA) is 24.9 Å². The molecule has 2 nitrogen and oxygen atoms in total. The van der Waals surface area contributed by atoms with Crippen molar-refractivity contribution >= 4 is 11.3 Å². The van der Waals surface area contributed by atoms with Crippen molar-refractivity contribution in [3.8, 4) is 0 Å². The van der Waals surface area contributed by atoms with Gasteiger partial charge in [0.25, 0.3) is 0 Å². The Morgan fingerprint density at radius 3 is 2.89 bits per heavy atom. The molecule has 1 heterocycles. The molecule has 102 valence electrons. The number of allylic oxidation sites excluding steroid dienone is 1. The standard InChI is InChI=1S/C15H26N2S/c1-4-6-7-8-9-10-14(16-11-5-2)15-13(3)17-12-18-15/h4,12,14,16H,1,5-11H2,2-3H3. The molecule has 1 aromatic rings. The fourth-order valence-electron chi connectivity index (χ4n) is 2.10. The summed E-state index contributed by atoms with van der Waals surface area (Å²) in [7, 11) is 0. The van der Waals surface area contributed by atoms with Crippen LogP contribution in [0.4, 0.5) is 0 Å². The summed E-state index contributed by atoms with van der Waals surface area (Å²) in [4.78, 5) is 5.79. The minimum Gasteiger partial charge on any atom is -0.309 e. The molecule has 1 N–H and O–H groups in total. The van der Waals surface area contributed by atoms with E-state index in [1.807, 2.05) is 11.6 Å². The molecule has 0 saturated heterocycles. The Morgan fingerprint density at radius 2 is 2.28 bits per heavy atom. The van der Waals surface area contributed by atoms with Gasteiger partial charge in [0, 0.05) is 10.9 Å². The lowest BCUT2D eigenvalue weighted by Crippen LogP contribution is -2.22. The van der Waals surface area contributed by atoms with Crippen molar-refractivity contribution in [1.29, 1.82) is 0 Å². The smallest absolute Gasteiger partial charge is 0.0798 e. The van der Waals surface area contributed by atoms with Gasteiger partial charge in [-0.2, -0.15) is 0 Å². The van der Waals surface area contributed by atoms with Crippen molar-refractivity contribution in [3.63, 3.8) is 0 Å². The fourth-order valence-corrected chi connectivity index (χ4v) is 3.02. The Morgan fingerprint density at radius 1 is 1.44 bits per heavy atom. The molecule has 18 heavy (non-hydrogen) atoms. The summed E-state index contributed by atoms with van der Waals surface area (Å²) in [5.74, 6) is 0. The molecule has 1 atom stereocenters. The second kappa shape index (κ2) is 9.29. The Bertz CT molecular complexity index is 333. The molecular weight excluding hydrogens is 240 g/mol. The minimum absolute atomic E-state index is 0.501. The molecule has 1 unspecified atom stereocenters. The van der Waals surface area contributed by atoms with E-state index in [0.717, 1.165) is 13.0 Å². The van der Waals surface area contributed by atoms with Gasteiger partial charge in [-0.05, 0) is 39.2 Å². The van der Waals surface area contributed by atoms with E-state index < -0.39 is 0 Å². The van der Waals surface area contributed by atoms with Gasteiger partial charge in [0.05, 0.1) is 11.2 Å². The largest absolute Gasteiger partial charge is 0.309 e. The minimum atomic E-state index is 0.501. The highest BCUT2D eigenvalue weighted by molar-refractivity contribution is 7.09. The van der Waals surface area contributed by atoms with Crippen molar-refractivity contribution < 1.29 is 0 Å². The van der Waals surface area contributed by atoms with Crippen LogP contribution in [0.1, 0.15) is 62.1 Å². The Kier molecular flexibility index (Phi) is 7.94. The lowest BCUT2D eigenvalue weighted by atomic mass is 10.0. The van der Waals surface area contributed by atoms with E-state index in [9.17, 15) is 0 Å². The van der Waals surface area contributed by atoms with E-state index in [1.54, 1.807) is 11.3 Å². The lowest BCUT2D eigenvalue weighted by Gasteiger charge is -2.17. The second-order valence-corrected chi connectivity index (χ2v) is 5.62. The van der Waals surface area contributed by atoms with Crippen molar-refractivity contribution in [2.24, 2.45) is 0 Å². The summed E-state index contributed by atoms with van der Waals surface area (Å²) < 4.78 is 0. The van der Waals surface area contributed by atoms with Crippen LogP contribution in [0.25, 0.3) is 0 Å². The van der Waals surface area contributed by atoms with Crippen LogP contribution in [0.3, 0.4) is 0 Å². The summed E-state index contributed by atoms with van der Waals surface area (Å²) in [5.41, 5.74) is 3.16. The highest BCUT2D eigenvalue weighted by Crippen LogP contribution is 2.26. The maximum atomic E-state index is 4.37. The van der Waals surface area contributed by atoms with Gasteiger partial charge in [0.15, 0.2) is 0 Å². The quantitative estimate of drug-likeness (QED) is 0.493. The lowest BCUT2D eigenvalue weighted by molar-refractivity contribution is 0.476. The third kappa shape index (κ3) is 5.32. The van der Waals surface area contributed by atoms with Crippen molar-refractivity contribution in [2.75, 3.05) is 6.54 Å². The first-order valence-corrected chi connectivity index (χ1v) is 7.91. The third-order valence-corrected chi connectivity index (χ3v) is 4.19. The second-order valence-electron chi connectivity index (χ2n) is 4.74. The van der Waals surface area contributed by atoms with Crippen LogP contribution in [-0.4, -0.2) is 11.5 Å². The van der Waals surface area contributed by atoms with Crippen molar-refractivity contribution in [1.82, 2.24) is 10.3 Å². The van der Waals surface area contributed by atoms with Crippen LogP contribution < -0.4 is 5.32 Å². The molecule has 0 aromatic carbocycles. The normalized spacial score (nSPS) is 12.6. The van der Waals surface area contributed by atoms with Gasteiger partial charge in [-0.3, -0.25) is 0 Å². The summed E-state index contributed by atoms with van der Waals surface area (Å²) in [5, 5.41) is 3.65. The number of hydrogen-bond donors (Lipinski definition) is 1. The monoisotopic (exact) mass is 266 g/mol. The van der Waals surface area contributed by atoms with Gasteiger partial charge >= 0.3 is 0 Å². The maximum Gasteiger partial charge on any atom is 0.0798 e. The van der Waals surface area contributed by atoms with E-state index >= 15 is 0 Å². The predicted molar refractivity (Wildman–Crippen MR) is 81.2 cm³/mol. The average molecular weight is 266 g/mol. The van der Waals surface area contributed by atoms with Gasteiger partial charge in [-0.1, -0.05) is 25.8 Å². The highest BCUT2D eigenvalue weighted by Gasteiger charge is 2.14. The zero-order valence-electron chi connectivity index (χ0n) is 11.7. The van der Waals surface area contributed by atoms with E-state index in [2.05, 4.69) is 30.7 Å². The van der Waals surface area contributed by atoms with Crippen LogP contribution in [0, 0.1) is 6.92 Å². The molecule has 0 fully saturated rings. The Balaban J connectivity index is 2.41. The molecule has 0 bridgehead atoms. The number of aryl methyl sites for hydroxylation is 1. The number of rotatable bonds is 10. The SMILES string of the molecule is C=CCCCCCC(NCCC)c1scnc1C. The number of thiazole rings is 1. The molecule has 0 amide bonds. The number of unbranched alkanes of at least 4 members (excludes halogenated alkanes) is 3. The molecule has 0 radical (unpaired) electrons. The molecule has 0 saturated carbocycles. The predicted octanol–water partition coefficient (Wildman–Crippen LogP) is 4.63. The highest BCUT2D eigenvalue weighted by atomic mass is 32.1. The number of aromatic nitrogens is 1. The molecule has 1 rings (SSSR count). The van der Waals surface area contributed by atoms with Crippen molar-refractivity contribution in [2.45, 2.75) is 58.4 Å². The molecule has 0 aliphatic carbocycles. The van der Waals surface area contributed by atoms with Gasteiger partial charge in [0.2, 0.25) is 0 Å². The first kappa shape index (κ1) is 15.4. The number of nitrogens with zero attached hydrogens (tertiary/aromatic N) is 1. The zero-order valence-corrected chi connectivity index (χ0v) is 12.6. The molecule has 3 heteroatoms. The molecular formula is C15H26N2S. The van der Waals surface area contributed by atoms with Crippen LogP contribution in [-0.2, 0) is 0 Å². The summed E-state index contributed by atoms with van der Waals surface area (Å²) >= 11 is 1.79. The third-order valence-electron chi connectivity index (χ3n) is 3.14. The fraction of sp³-hybridized carbons (Fsp3) is 0.667. The van der Waals surface area contributed by atoms with E-state index in [4.69, 9.17) is 0 Å². The van der Waals surface area contributed by atoms with Crippen LogP contribution in [0.15, 0.2) is 18.2 Å². The van der Waals surface area contributed by atoms with Gasteiger partial charge in [-0.25, -0.2) is 4.98 Å². The maximum absolute atomic E-state index is 4.37. The Labute approximate surface area is 116 Å². The molecule has 0 aliphatic heterocycles. The van der Waals surface area contributed by atoms with E-state index in [-0.39, 0.29) is 0 Å². The van der Waals surface area contributed by atoms with Crippen LogP contribution in [0.2, 0.25) is 0 Å². The molecule has 0 aliphatic rings. The van der Waals surface area contributed by atoms with Gasteiger partial charge < -0.3 is 5.32 Å². The number of nitrogens with one attached hydrogen (secondary N) is 1. The van der Waals surface area contributed by atoms with Crippen LogP contribution >= 0.6 is 11.3 Å². The summed E-state index contributed by atoms with van der Waals surface area (Å²) in [6.45, 7) is 9.19. The van der Waals surface area contributed by atoms with Gasteiger partial charge in [-0.15, -0.1) is 17.9 Å². The van der Waals surface area contributed by atoms with E-state index in [0.29, 0.717) is 6.04 Å². The first-order valence-electron chi connectivity index (χ1n) is 7.03. The summed E-state index contributed by atoms with van der Waals surface area (Å²) in [6, 6.07) is 0.501. The average Bonchev–Trinajstić information content (AvgIpc) is 2.79. The van der Waals surface area contributed by atoms with Gasteiger partial charge in [0.1, 0.15) is 0 Å². The molecule has 0 spiro atoms.